The van der Waals surface area contributed by atoms with Crippen LogP contribution < -0.4 is 14.9 Å². The Morgan fingerprint density at radius 2 is 1.92 bits per heavy atom. The summed E-state index contributed by atoms with van der Waals surface area (Å²) in [5, 5.41) is 0.791. The maximum absolute atomic E-state index is 12.2. The predicted octanol–water partition coefficient (Wildman–Crippen LogP) is 6.18. The zero-order chi connectivity index (χ0) is 18.4. The summed E-state index contributed by atoms with van der Waals surface area (Å²) in [5.41, 5.74) is 1.68. The van der Waals surface area contributed by atoms with E-state index in [1.165, 1.54) is 15.3 Å². The van der Waals surface area contributed by atoms with Crippen molar-refractivity contribution in [1.82, 2.24) is 0 Å². The number of halogens is 2. The van der Waals surface area contributed by atoms with E-state index in [0.717, 1.165) is 16.5 Å². The highest BCUT2D eigenvalue weighted by Crippen LogP contribution is 2.42. The van der Waals surface area contributed by atoms with Crippen molar-refractivity contribution < 1.29 is 17.9 Å². The molecule has 2 aromatic carbocycles. The lowest BCUT2D eigenvalue weighted by atomic mass is 10.0. The van der Waals surface area contributed by atoms with Gasteiger partial charge in [0.05, 0.1) is 15.8 Å². The molecule has 0 aliphatic heterocycles. The molecule has 1 unspecified atom stereocenters. The molecule has 0 radical (unpaired) electrons. The van der Waals surface area contributed by atoms with Crippen LogP contribution in [0.25, 0.3) is 22.1 Å². The molecule has 5 nitrogen and oxygen atoms in total. The van der Waals surface area contributed by atoms with Crippen LogP contribution in [-0.4, -0.2) is 13.2 Å². The monoisotopic (exact) mass is 614 g/mol. The molecule has 0 saturated carbocycles. The van der Waals surface area contributed by atoms with Gasteiger partial charge in [-0.25, -0.2) is 4.79 Å². The third kappa shape index (κ3) is 4.83. The van der Waals surface area contributed by atoms with E-state index in [0.29, 0.717) is 30.3 Å². The lowest BCUT2D eigenvalue weighted by molar-refractivity contribution is 0.237. The lowest BCUT2D eigenvalue weighted by Crippen LogP contribution is -2.06. The predicted molar refractivity (Wildman–Crippen MR) is 124 cm³/mol. The molecule has 0 saturated heterocycles. The van der Waals surface area contributed by atoms with Crippen molar-refractivity contribution in [3.8, 4) is 22.6 Å². The molecule has 0 aliphatic carbocycles. The van der Waals surface area contributed by atoms with Gasteiger partial charge in [-0.3, -0.25) is 0 Å². The van der Waals surface area contributed by atoms with E-state index in [1.807, 2.05) is 63.7 Å². The van der Waals surface area contributed by atoms with E-state index >= 15 is 0 Å². The minimum absolute atomic E-state index is 0.209. The van der Waals surface area contributed by atoms with Crippen molar-refractivity contribution in [3.05, 3.63) is 59.0 Å². The highest BCUT2D eigenvalue weighted by molar-refractivity contribution is 14.2. The van der Waals surface area contributed by atoms with E-state index in [2.05, 4.69) is 22.0 Å². The molecule has 0 N–H and O–H groups in total. The maximum Gasteiger partial charge on any atom is 0.336 e. The Bertz CT molecular complexity index is 936. The summed E-state index contributed by atoms with van der Waals surface area (Å²) < 4.78 is 22.2. The standard InChI is InChI=1S/C17H13I2O5PS/c18-25-24-14-7-6-12-13(11-4-2-1-3-5-11)10-15(20)23-16(12)17(14)21-8-9-22-26-19/h1-7,10,25H,8-9H2. The molecule has 0 amide bonds. The van der Waals surface area contributed by atoms with Crippen LogP contribution in [0.5, 0.6) is 11.5 Å². The van der Waals surface area contributed by atoms with Crippen molar-refractivity contribution in [1.29, 1.82) is 0 Å². The smallest absolute Gasteiger partial charge is 0.336 e. The van der Waals surface area contributed by atoms with Crippen molar-refractivity contribution >= 4 is 69.9 Å². The molecule has 0 bridgehead atoms. The van der Waals surface area contributed by atoms with Crippen LogP contribution >= 0.6 is 58.9 Å². The summed E-state index contributed by atoms with van der Waals surface area (Å²) in [6.45, 7) is 0.925. The van der Waals surface area contributed by atoms with Gasteiger partial charge in [-0.05, 0) is 45.3 Å². The summed E-state index contributed by atoms with van der Waals surface area (Å²) in [4.78, 5) is 12.2. The van der Waals surface area contributed by atoms with Crippen LogP contribution in [0.3, 0.4) is 0 Å². The van der Waals surface area contributed by atoms with Crippen LogP contribution in [0.2, 0.25) is 0 Å². The van der Waals surface area contributed by atoms with Crippen LogP contribution in [0.4, 0.5) is 0 Å². The van der Waals surface area contributed by atoms with Crippen LogP contribution in [0.15, 0.2) is 57.7 Å². The molecule has 0 spiro atoms. The minimum atomic E-state index is -0.436. The summed E-state index contributed by atoms with van der Waals surface area (Å²) >= 11 is 4.18. The number of hydrogen-bond acceptors (Lipinski definition) is 6. The molecule has 3 aromatic rings. The quantitative estimate of drug-likeness (QED) is 0.0995. The fourth-order valence-corrected chi connectivity index (χ4v) is 4.13. The van der Waals surface area contributed by atoms with Gasteiger partial charge in [-0.15, -0.1) is 0 Å². The second-order valence-corrected chi connectivity index (χ2v) is 8.15. The van der Waals surface area contributed by atoms with E-state index in [4.69, 9.17) is 17.9 Å². The van der Waals surface area contributed by atoms with Gasteiger partial charge >= 0.3 is 5.63 Å². The van der Waals surface area contributed by atoms with E-state index in [9.17, 15) is 4.79 Å². The molecular weight excluding hydrogens is 601 g/mol. The van der Waals surface area contributed by atoms with Gasteiger partial charge in [0.15, 0.2) is 11.3 Å². The van der Waals surface area contributed by atoms with Gasteiger partial charge in [0.25, 0.3) is 0 Å². The topological polar surface area (TPSA) is 57.9 Å². The van der Waals surface area contributed by atoms with Crippen molar-refractivity contribution in [2.45, 2.75) is 0 Å². The molecule has 1 atom stereocenters. The van der Waals surface area contributed by atoms with Crippen molar-refractivity contribution in [2.24, 2.45) is 0 Å². The van der Waals surface area contributed by atoms with Gasteiger partial charge in [-0.2, -0.15) is 0 Å². The van der Waals surface area contributed by atoms with E-state index in [1.54, 1.807) is 0 Å². The molecule has 136 valence electrons. The third-order valence-electron chi connectivity index (χ3n) is 3.52. The maximum atomic E-state index is 12.2. The number of benzene rings is 2. The zero-order valence-corrected chi connectivity index (χ0v) is 19.4. The third-order valence-corrected chi connectivity index (χ3v) is 5.50. The molecule has 9 heteroatoms. The molecule has 26 heavy (non-hydrogen) atoms. The summed E-state index contributed by atoms with van der Waals surface area (Å²) in [6, 6.07) is 14.9. The first-order valence-electron chi connectivity index (χ1n) is 7.46. The molecule has 1 heterocycles. The van der Waals surface area contributed by atoms with Gasteiger partial charge in [-0.1, -0.05) is 30.3 Å². The Kier molecular flexibility index (Phi) is 7.86. The lowest BCUT2D eigenvalue weighted by Gasteiger charge is -2.14. The fourth-order valence-electron chi connectivity index (χ4n) is 2.51. The molecule has 3 rings (SSSR count). The largest absolute Gasteiger partial charge is 0.484 e. The van der Waals surface area contributed by atoms with E-state index in [-0.39, 0.29) is 6.45 Å². The van der Waals surface area contributed by atoms with Crippen molar-refractivity contribution in [2.75, 3.05) is 13.2 Å². The highest BCUT2D eigenvalue weighted by atomic mass is 127. The number of fused-ring (bicyclic) bond motifs is 1. The molecular formula is C17H13I2O5PS. The van der Waals surface area contributed by atoms with Crippen LogP contribution in [0, 0.1) is 0 Å². The summed E-state index contributed by atoms with van der Waals surface area (Å²) in [6.07, 6.45) is 0. The SMILES string of the molecule is O=c1cc(-c2ccccc2)c2ccc(OPI)c(OCCOSI)c2o1. The Labute approximate surface area is 181 Å². The van der Waals surface area contributed by atoms with Crippen LogP contribution in [0.1, 0.15) is 0 Å². The van der Waals surface area contributed by atoms with Crippen molar-refractivity contribution in [3.63, 3.8) is 0 Å². The first-order chi connectivity index (χ1) is 12.7. The Morgan fingerprint density at radius 3 is 2.65 bits per heavy atom. The van der Waals surface area contributed by atoms with E-state index < -0.39 is 5.63 Å². The Hall–Kier alpha value is -0.550. The normalized spacial score (nSPS) is 11.3. The molecule has 0 aliphatic rings. The highest BCUT2D eigenvalue weighted by Gasteiger charge is 2.17. The van der Waals surface area contributed by atoms with Gasteiger partial charge < -0.3 is 17.9 Å². The minimum Gasteiger partial charge on any atom is -0.484 e. The molecule has 0 fully saturated rings. The number of ether oxygens (including phenoxy) is 1. The second-order valence-electron chi connectivity index (χ2n) is 5.03. The van der Waals surface area contributed by atoms with Gasteiger partial charge in [0.2, 0.25) is 5.75 Å². The van der Waals surface area contributed by atoms with Gasteiger partial charge in [0, 0.05) is 32.7 Å². The first kappa shape index (κ1) is 20.2. The summed E-state index contributed by atoms with van der Waals surface area (Å²) in [7, 11) is 1.24. The number of rotatable bonds is 8. The molecule has 1 aromatic heterocycles. The first-order valence-corrected chi connectivity index (χ1v) is 14.8. The second kappa shape index (κ2) is 10.1. The average Bonchev–Trinajstić information content (AvgIpc) is 2.66. The van der Waals surface area contributed by atoms with Gasteiger partial charge in [0.1, 0.15) is 13.1 Å². The number of hydrogen-bond donors (Lipinski definition) is 0. The van der Waals surface area contributed by atoms with Crippen LogP contribution in [-0.2, 0) is 4.18 Å². The Balaban J connectivity index is 2.14. The average molecular weight is 614 g/mol. The zero-order valence-electron chi connectivity index (χ0n) is 13.2. The summed E-state index contributed by atoms with van der Waals surface area (Å²) in [5.74, 6) is 0.962. The Morgan fingerprint density at radius 1 is 1.12 bits per heavy atom. The fraction of sp³-hybridized carbons (Fsp3) is 0.118.